The van der Waals surface area contributed by atoms with Crippen molar-refractivity contribution in [3.05, 3.63) is 64.3 Å². The molecule has 2 aromatic rings. The van der Waals surface area contributed by atoms with Gasteiger partial charge in [0.15, 0.2) is 17.5 Å². The van der Waals surface area contributed by atoms with Gasteiger partial charge < -0.3 is 9.84 Å². The molecule has 0 spiro atoms. The van der Waals surface area contributed by atoms with E-state index in [2.05, 4.69) is 4.85 Å². The molecular weight excluding hydrogens is 426 g/mol. The Morgan fingerprint density at radius 2 is 1.73 bits per heavy atom. The van der Waals surface area contributed by atoms with Crippen molar-refractivity contribution in [2.75, 3.05) is 0 Å². The summed E-state index contributed by atoms with van der Waals surface area (Å²) in [5, 5.41) is 10.3. The highest BCUT2D eigenvalue weighted by Crippen LogP contribution is 2.68. The standard InChI is InChI=1S/C19H9F8NO2/c1-28-9-4-8(20)5-10(6-9)30-12-3-2-11-14-13(12)15(21)17(22,23)7-16(14,29)19(26,27)18(11,24)25/h2-6,15,29H,7H2/t15-,16+/m0/s1. The van der Waals surface area contributed by atoms with E-state index in [-0.39, 0.29) is 5.69 Å². The molecule has 0 amide bonds. The first-order chi connectivity index (χ1) is 13.8. The zero-order chi connectivity index (χ0) is 22.3. The van der Waals surface area contributed by atoms with Crippen LogP contribution in [0, 0.1) is 12.4 Å². The van der Waals surface area contributed by atoms with Gasteiger partial charge in [0.1, 0.15) is 17.3 Å². The Hall–Kier alpha value is -2.87. The molecule has 158 valence electrons. The van der Waals surface area contributed by atoms with Crippen LogP contribution in [-0.2, 0) is 11.5 Å². The minimum absolute atomic E-state index is 0.281. The zero-order valence-electron chi connectivity index (χ0n) is 14.5. The van der Waals surface area contributed by atoms with E-state index >= 15 is 0 Å². The molecular formula is C19H9F8NO2. The summed E-state index contributed by atoms with van der Waals surface area (Å²) >= 11 is 0. The lowest BCUT2D eigenvalue weighted by Gasteiger charge is -2.40. The average molecular weight is 435 g/mol. The van der Waals surface area contributed by atoms with Crippen LogP contribution in [-0.4, -0.2) is 17.0 Å². The summed E-state index contributed by atoms with van der Waals surface area (Å²) in [5.74, 6) is -17.4. The Morgan fingerprint density at radius 1 is 1.07 bits per heavy atom. The number of ether oxygens (including phenoxy) is 1. The molecule has 30 heavy (non-hydrogen) atoms. The second-order valence-electron chi connectivity index (χ2n) is 7.07. The Bertz CT molecular complexity index is 1110. The lowest BCUT2D eigenvalue weighted by atomic mass is 9.75. The zero-order valence-corrected chi connectivity index (χ0v) is 14.5. The Labute approximate surface area is 163 Å². The van der Waals surface area contributed by atoms with Gasteiger partial charge in [-0.15, -0.1) is 0 Å². The minimum Gasteiger partial charge on any atom is -0.458 e. The average Bonchev–Trinajstić information content (AvgIpc) is 2.75. The Kier molecular flexibility index (Phi) is 3.98. The van der Waals surface area contributed by atoms with Crippen LogP contribution >= 0.6 is 0 Å². The van der Waals surface area contributed by atoms with E-state index in [1.807, 2.05) is 0 Å². The largest absolute Gasteiger partial charge is 0.458 e. The third kappa shape index (κ3) is 2.40. The third-order valence-corrected chi connectivity index (χ3v) is 5.20. The van der Waals surface area contributed by atoms with E-state index < -0.39 is 70.0 Å². The lowest BCUT2D eigenvalue weighted by molar-refractivity contribution is -0.306. The predicted molar refractivity (Wildman–Crippen MR) is 85.3 cm³/mol. The number of benzene rings is 2. The van der Waals surface area contributed by atoms with E-state index in [1.54, 1.807) is 0 Å². The van der Waals surface area contributed by atoms with Crippen LogP contribution in [0.3, 0.4) is 0 Å². The maximum Gasteiger partial charge on any atom is 0.346 e. The molecule has 2 aliphatic rings. The number of alkyl halides is 7. The quantitative estimate of drug-likeness (QED) is 0.454. The summed E-state index contributed by atoms with van der Waals surface area (Å²) in [6, 6.07) is 3.40. The molecule has 0 aromatic heterocycles. The first kappa shape index (κ1) is 20.4. The topological polar surface area (TPSA) is 33.8 Å². The predicted octanol–water partition coefficient (Wildman–Crippen LogP) is 6.15. The fourth-order valence-corrected chi connectivity index (χ4v) is 3.87. The maximum absolute atomic E-state index is 14.6. The molecule has 0 fully saturated rings. The Morgan fingerprint density at radius 3 is 2.37 bits per heavy atom. The summed E-state index contributed by atoms with van der Waals surface area (Å²) in [6.45, 7) is 6.87. The van der Waals surface area contributed by atoms with Gasteiger partial charge in [0.2, 0.25) is 0 Å². The highest BCUT2D eigenvalue weighted by molar-refractivity contribution is 5.60. The summed E-state index contributed by atoms with van der Waals surface area (Å²) in [4.78, 5) is 2.94. The van der Waals surface area contributed by atoms with E-state index in [9.17, 15) is 40.2 Å². The van der Waals surface area contributed by atoms with Crippen LogP contribution in [0.4, 0.5) is 40.8 Å². The monoisotopic (exact) mass is 435 g/mol. The van der Waals surface area contributed by atoms with Crippen LogP contribution in [0.15, 0.2) is 30.3 Å². The molecule has 2 atom stereocenters. The van der Waals surface area contributed by atoms with Gasteiger partial charge in [-0.1, -0.05) is 0 Å². The van der Waals surface area contributed by atoms with Gasteiger partial charge in [0.05, 0.1) is 13.0 Å². The van der Waals surface area contributed by atoms with Crippen LogP contribution in [0.2, 0.25) is 0 Å². The fraction of sp³-hybridized carbons (Fsp3) is 0.316. The van der Waals surface area contributed by atoms with Crippen LogP contribution in [0.1, 0.15) is 29.3 Å². The molecule has 4 rings (SSSR count). The van der Waals surface area contributed by atoms with Crippen molar-refractivity contribution in [1.82, 2.24) is 0 Å². The maximum atomic E-state index is 14.6. The van der Waals surface area contributed by atoms with Crippen LogP contribution in [0.5, 0.6) is 11.5 Å². The Balaban J connectivity index is 1.97. The van der Waals surface area contributed by atoms with Gasteiger partial charge in [0, 0.05) is 22.8 Å². The highest BCUT2D eigenvalue weighted by Gasteiger charge is 2.80. The summed E-state index contributed by atoms with van der Waals surface area (Å²) in [7, 11) is 0. The molecule has 11 heteroatoms. The molecule has 3 nitrogen and oxygen atoms in total. The summed E-state index contributed by atoms with van der Waals surface area (Å²) in [6.07, 6.45) is -5.63. The highest BCUT2D eigenvalue weighted by atomic mass is 19.3. The summed E-state index contributed by atoms with van der Waals surface area (Å²) < 4.78 is 119. The van der Waals surface area contributed by atoms with Gasteiger partial charge in [-0.25, -0.2) is 22.4 Å². The summed E-state index contributed by atoms with van der Waals surface area (Å²) in [5.41, 5.74) is -8.60. The van der Waals surface area contributed by atoms with Gasteiger partial charge >= 0.3 is 11.8 Å². The fourth-order valence-electron chi connectivity index (χ4n) is 3.87. The molecule has 0 saturated carbocycles. The smallest absolute Gasteiger partial charge is 0.346 e. The van der Waals surface area contributed by atoms with Gasteiger partial charge in [-0.05, 0) is 24.3 Å². The number of halogens is 8. The molecule has 0 bridgehead atoms. The first-order valence-corrected chi connectivity index (χ1v) is 8.30. The van der Waals surface area contributed by atoms with Gasteiger partial charge in [-0.3, -0.25) is 0 Å². The van der Waals surface area contributed by atoms with Crippen LogP contribution < -0.4 is 4.74 Å². The van der Waals surface area contributed by atoms with Crippen molar-refractivity contribution in [2.45, 2.75) is 36.0 Å². The second kappa shape index (κ2) is 5.85. The second-order valence-corrected chi connectivity index (χ2v) is 7.07. The minimum atomic E-state index is -5.35. The third-order valence-electron chi connectivity index (χ3n) is 5.20. The van der Waals surface area contributed by atoms with Crippen molar-refractivity contribution in [3.8, 4) is 11.5 Å². The number of nitrogens with zero attached hydrogens (tertiary/aromatic N) is 1. The number of rotatable bonds is 2. The van der Waals surface area contributed by atoms with Crippen LogP contribution in [0.25, 0.3) is 4.85 Å². The molecule has 0 saturated heterocycles. The van der Waals surface area contributed by atoms with Gasteiger partial charge in [0.25, 0.3) is 5.92 Å². The normalized spacial score (nSPS) is 27.3. The molecule has 2 aromatic carbocycles. The van der Waals surface area contributed by atoms with E-state index in [0.717, 1.165) is 12.1 Å². The SMILES string of the molecule is [C-]#[N+]c1cc(F)cc(Oc2ccc3c4c2[C@H](F)C(F)(F)C[C@]4(O)C(F)(F)C3(F)F)c1. The number of hydrogen-bond acceptors (Lipinski definition) is 2. The van der Waals surface area contributed by atoms with E-state index in [1.165, 1.54) is 0 Å². The number of aliphatic hydroxyl groups is 1. The van der Waals surface area contributed by atoms with Crippen molar-refractivity contribution in [3.63, 3.8) is 0 Å². The van der Waals surface area contributed by atoms with E-state index in [4.69, 9.17) is 11.3 Å². The lowest BCUT2D eigenvalue weighted by Crippen LogP contribution is -2.54. The van der Waals surface area contributed by atoms with E-state index in [0.29, 0.717) is 18.2 Å². The van der Waals surface area contributed by atoms with Gasteiger partial charge in [-0.2, -0.15) is 17.6 Å². The molecule has 1 N–H and O–H groups in total. The molecule has 0 heterocycles. The molecule has 0 radical (unpaired) electrons. The number of hydrogen-bond donors (Lipinski definition) is 1. The van der Waals surface area contributed by atoms with Crippen molar-refractivity contribution in [2.24, 2.45) is 0 Å². The molecule has 0 aliphatic heterocycles. The van der Waals surface area contributed by atoms with Crippen molar-refractivity contribution < 1.29 is 45.0 Å². The first-order valence-electron chi connectivity index (χ1n) is 8.30. The molecule has 2 aliphatic carbocycles. The van der Waals surface area contributed by atoms with Crippen molar-refractivity contribution in [1.29, 1.82) is 0 Å². The van der Waals surface area contributed by atoms with Crippen molar-refractivity contribution >= 4 is 5.69 Å². The molecule has 0 unspecified atom stereocenters.